The maximum atomic E-state index is 12.9. The van der Waals surface area contributed by atoms with Crippen LogP contribution in [0.25, 0.3) is 16.8 Å². The summed E-state index contributed by atoms with van der Waals surface area (Å²) in [7, 11) is 3.13. The van der Waals surface area contributed by atoms with Gasteiger partial charge in [-0.2, -0.15) is 0 Å². The van der Waals surface area contributed by atoms with Gasteiger partial charge in [0.25, 0.3) is 11.1 Å². The van der Waals surface area contributed by atoms with Crippen LogP contribution in [0.4, 0.5) is 4.79 Å². The summed E-state index contributed by atoms with van der Waals surface area (Å²) in [4.78, 5) is 27.0. The van der Waals surface area contributed by atoms with E-state index in [1.54, 1.807) is 38.5 Å². The van der Waals surface area contributed by atoms with Gasteiger partial charge in [0.1, 0.15) is 11.5 Å². The van der Waals surface area contributed by atoms with Crippen LogP contribution in [-0.4, -0.2) is 30.3 Å². The highest BCUT2D eigenvalue weighted by molar-refractivity contribution is 8.18. The van der Waals surface area contributed by atoms with Crippen molar-refractivity contribution in [1.82, 2.24) is 4.90 Å². The average Bonchev–Trinajstić information content (AvgIpc) is 3.01. The molecule has 0 spiro atoms. The summed E-state index contributed by atoms with van der Waals surface area (Å²) in [5.74, 6) is 0.942. The first-order valence-corrected chi connectivity index (χ1v) is 9.86. The third kappa shape index (κ3) is 3.84. The molecule has 3 aromatic carbocycles. The summed E-state index contributed by atoms with van der Waals surface area (Å²) in [6, 6.07) is 19.3. The van der Waals surface area contributed by atoms with Gasteiger partial charge in [0, 0.05) is 5.56 Å². The van der Waals surface area contributed by atoms with E-state index < -0.39 is 0 Å². The van der Waals surface area contributed by atoms with Gasteiger partial charge in [0.05, 0.1) is 25.7 Å². The van der Waals surface area contributed by atoms with Gasteiger partial charge in [-0.3, -0.25) is 14.5 Å². The second-order valence-electron chi connectivity index (χ2n) is 6.56. The quantitative estimate of drug-likeness (QED) is 0.553. The third-order valence-electron chi connectivity index (χ3n) is 4.75. The number of rotatable bonds is 5. The molecule has 1 aliphatic rings. The molecule has 4 rings (SSSR count). The van der Waals surface area contributed by atoms with E-state index >= 15 is 0 Å². The Bertz CT molecular complexity index is 1140. The molecule has 29 heavy (non-hydrogen) atoms. The Morgan fingerprint density at radius 2 is 1.72 bits per heavy atom. The zero-order chi connectivity index (χ0) is 20.4. The van der Waals surface area contributed by atoms with Crippen LogP contribution in [0.1, 0.15) is 11.1 Å². The first-order valence-electron chi connectivity index (χ1n) is 9.04. The number of imide groups is 1. The Hall–Kier alpha value is -3.25. The third-order valence-corrected chi connectivity index (χ3v) is 5.66. The molecule has 0 atom stereocenters. The summed E-state index contributed by atoms with van der Waals surface area (Å²) in [6.07, 6.45) is 1.67. The number of carbonyl (C=O) groups is 2. The van der Waals surface area contributed by atoms with Crippen molar-refractivity contribution in [3.8, 4) is 11.5 Å². The van der Waals surface area contributed by atoms with Crippen molar-refractivity contribution >= 4 is 39.8 Å². The van der Waals surface area contributed by atoms with Crippen molar-refractivity contribution in [2.45, 2.75) is 6.54 Å². The van der Waals surface area contributed by atoms with Crippen LogP contribution < -0.4 is 9.47 Å². The lowest BCUT2D eigenvalue weighted by molar-refractivity contribution is -0.123. The molecular weight excluding hydrogens is 386 g/mol. The number of hydrogen-bond acceptors (Lipinski definition) is 5. The number of hydrogen-bond donors (Lipinski definition) is 0. The van der Waals surface area contributed by atoms with E-state index in [9.17, 15) is 9.59 Å². The molecule has 0 unspecified atom stereocenters. The van der Waals surface area contributed by atoms with Crippen LogP contribution in [0.5, 0.6) is 11.5 Å². The van der Waals surface area contributed by atoms with E-state index in [0.29, 0.717) is 22.0 Å². The van der Waals surface area contributed by atoms with Gasteiger partial charge in [0.2, 0.25) is 0 Å². The molecule has 0 N–H and O–H groups in total. The molecule has 146 valence electrons. The number of carbonyl (C=O) groups excluding carboxylic acids is 2. The van der Waals surface area contributed by atoms with Crippen LogP contribution in [0.15, 0.2) is 65.6 Å². The number of ether oxygens (including phenoxy) is 2. The fourth-order valence-corrected chi connectivity index (χ4v) is 4.08. The highest BCUT2D eigenvalue weighted by atomic mass is 32.2. The lowest BCUT2D eigenvalue weighted by Crippen LogP contribution is -2.27. The van der Waals surface area contributed by atoms with Crippen LogP contribution >= 0.6 is 11.8 Å². The largest absolute Gasteiger partial charge is 0.497 e. The number of thioether (sulfide) groups is 1. The number of benzene rings is 3. The Balaban J connectivity index is 1.61. The molecule has 6 heteroatoms. The Morgan fingerprint density at radius 1 is 0.931 bits per heavy atom. The molecule has 3 aromatic rings. The molecule has 0 saturated carbocycles. The lowest BCUT2D eigenvalue weighted by atomic mass is 10.1. The molecule has 0 bridgehead atoms. The second-order valence-corrected chi connectivity index (χ2v) is 7.55. The topological polar surface area (TPSA) is 55.8 Å². The molecule has 0 aromatic heterocycles. The van der Waals surface area contributed by atoms with Gasteiger partial charge in [-0.05, 0) is 58.4 Å². The maximum absolute atomic E-state index is 12.9. The molecule has 0 radical (unpaired) electrons. The highest BCUT2D eigenvalue weighted by Crippen LogP contribution is 2.36. The minimum Gasteiger partial charge on any atom is -0.497 e. The number of fused-ring (bicyclic) bond motifs is 1. The number of nitrogens with zero attached hydrogens (tertiary/aromatic N) is 1. The predicted molar refractivity (Wildman–Crippen MR) is 115 cm³/mol. The molecule has 1 aliphatic heterocycles. The normalized spacial score (nSPS) is 15.4. The highest BCUT2D eigenvalue weighted by Gasteiger charge is 2.35. The number of amides is 2. The van der Waals surface area contributed by atoms with Crippen molar-refractivity contribution < 1.29 is 19.1 Å². The molecule has 1 heterocycles. The van der Waals surface area contributed by atoms with E-state index in [4.69, 9.17) is 9.47 Å². The molecule has 1 saturated heterocycles. The SMILES string of the molecule is COc1ccc(OC)c(/C=C2\SC(=O)N(Cc3ccc4ccccc4c3)C2=O)c1. The molecule has 5 nitrogen and oxygen atoms in total. The number of methoxy groups -OCH3 is 2. The first kappa shape index (κ1) is 19.1. The van der Waals surface area contributed by atoms with Crippen molar-refractivity contribution in [2.24, 2.45) is 0 Å². The van der Waals surface area contributed by atoms with Crippen LogP contribution in [0, 0.1) is 0 Å². The zero-order valence-electron chi connectivity index (χ0n) is 16.0. The minimum atomic E-state index is -0.307. The molecular formula is C23H19NO4S. The zero-order valence-corrected chi connectivity index (χ0v) is 16.9. The van der Waals surface area contributed by atoms with Crippen molar-refractivity contribution in [1.29, 1.82) is 0 Å². The van der Waals surface area contributed by atoms with Crippen LogP contribution in [0.3, 0.4) is 0 Å². The first-order chi connectivity index (χ1) is 14.1. The summed E-state index contributed by atoms with van der Waals surface area (Å²) in [5, 5.41) is 1.92. The summed E-state index contributed by atoms with van der Waals surface area (Å²) in [5.41, 5.74) is 1.59. The minimum absolute atomic E-state index is 0.238. The van der Waals surface area contributed by atoms with Gasteiger partial charge in [0.15, 0.2) is 0 Å². The van der Waals surface area contributed by atoms with Crippen molar-refractivity contribution in [3.05, 3.63) is 76.7 Å². The smallest absolute Gasteiger partial charge is 0.293 e. The summed E-state index contributed by atoms with van der Waals surface area (Å²) >= 11 is 0.934. The van der Waals surface area contributed by atoms with Gasteiger partial charge in [-0.15, -0.1) is 0 Å². The fraction of sp³-hybridized carbons (Fsp3) is 0.130. The van der Waals surface area contributed by atoms with Gasteiger partial charge < -0.3 is 9.47 Å². The Labute approximate surface area is 172 Å². The van der Waals surface area contributed by atoms with E-state index in [2.05, 4.69) is 0 Å². The lowest BCUT2D eigenvalue weighted by Gasteiger charge is -2.13. The second kappa shape index (κ2) is 8.01. The Kier molecular flexibility index (Phi) is 5.27. The summed E-state index contributed by atoms with van der Waals surface area (Å²) < 4.78 is 10.6. The van der Waals surface area contributed by atoms with Crippen molar-refractivity contribution in [2.75, 3.05) is 14.2 Å². The van der Waals surface area contributed by atoms with Gasteiger partial charge >= 0.3 is 0 Å². The monoisotopic (exact) mass is 405 g/mol. The van der Waals surface area contributed by atoms with E-state index in [1.165, 1.54) is 4.90 Å². The Morgan fingerprint density at radius 3 is 2.48 bits per heavy atom. The van der Waals surface area contributed by atoms with Crippen molar-refractivity contribution in [3.63, 3.8) is 0 Å². The maximum Gasteiger partial charge on any atom is 0.293 e. The van der Waals surface area contributed by atoms with Gasteiger partial charge in [-0.1, -0.05) is 36.4 Å². The average molecular weight is 405 g/mol. The van der Waals surface area contributed by atoms with E-state index in [-0.39, 0.29) is 17.7 Å². The molecule has 1 fully saturated rings. The standard InChI is InChI=1S/C23H19NO4S/c1-27-19-9-10-20(28-2)18(12-19)13-21-22(25)24(23(26)29-21)14-15-7-8-16-5-3-4-6-17(16)11-15/h3-13H,14H2,1-2H3/b21-13-. The van der Waals surface area contributed by atoms with Gasteiger partial charge in [-0.25, -0.2) is 0 Å². The fourth-order valence-electron chi connectivity index (χ4n) is 3.25. The summed E-state index contributed by atoms with van der Waals surface area (Å²) in [6.45, 7) is 0.238. The van der Waals surface area contributed by atoms with E-state index in [1.807, 2.05) is 42.5 Å². The van der Waals surface area contributed by atoms with Crippen LogP contribution in [0.2, 0.25) is 0 Å². The molecule has 0 aliphatic carbocycles. The van der Waals surface area contributed by atoms with E-state index in [0.717, 1.165) is 28.1 Å². The van der Waals surface area contributed by atoms with Crippen LogP contribution in [-0.2, 0) is 11.3 Å². The molecule has 2 amide bonds. The predicted octanol–water partition coefficient (Wildman–Crippen LogP) is 5.09.